The Morgan fingerprint density at radius 1 is 1.03 bits per heavy atom. The molecule has 3 aromatic rings. The SMILES string of the molecule is CCOc1ccccc1OCC(=O)NNC(=O)c1cc(C)n(Cc2cccs2)c1C. The average molecular weight is 428 g/mol. The minimum Gasteiger partial charge on any atom is -0.490 e. The number of nitrogens with zero attached hydrogens (tertiary/aromatic N) is 1. The van der Waals surface area contributed by atoms with E-state index in [1.807, 2.05) is 44.4 Å². The Bertz CT molecular complexity index is 1010. The summed E-state index contributed by atoms with van der Waals surface area (Å²) in [6.07, 6.45) is 0. The van der Waals surface area contributed by atoms with Gasteiger partial charge in [-0.1, -0.05) is 18.2 Å². The first kappa shape index (κ1) is 21.4. The first-order valence-corrected chi connectivity index (χ1v) is 10.5. The summed E-state index contributed by atoms with van der Waals surface area (Å²) in [5.41, 5.74) is 7.19. The number of para-hydroxylation sites is 2. The first-order chi connectivity index (χ1) is 14.5. The number of thiophene rings is 1. The summed E-state index contributed by atoms with van der Waals surface area (Å²) in [5.74, 6) is 0.193. The van der Waals surface area contributed by atoms with Gasteiger partial charge in [0.05, 0.1) is 18.7 Å². The summed E-state index contributed by atoms with van der Waals surface area (Å²) in [5, 5.41) is 2.03. The number of rotatable bonds is 8. The number of aryl methyl sites for hydroxylation is 1. The van der Waals surface area contributed by atoms with E-state index in [0.29, 0.717) is 30.2 Å². The molecule has 0 aliphatic carbocycles. The zero-order valence-corrected chi connectivity index (χ0v) is 18.0. The molecule has 0 radical (unpaired) electrons. The lowest BCUT2D eigenvalue weighted by Gasteiger charge is -2.12. The summed E-state index contributed by atoms with van der Waals surface area (Å²) < 4.78 is 13.0. The van der Waals surface area contributed by atoms with Gasteiger partial charge in [0.1, 0.15) is 0 Å². The highest BCUT2D eigenvalue weighted by Crippen LogP contribution is 2.26. The van der Waals surface area contributed by atoms with E-state index < -0.39 is 5.91 Å². The molecule has 30 heavy (non-hydrogen) atoms. The molecule has 2 N–H and O–H groups in total. The van der Waals surface area contributed by atoms with Gasteiger partial charge in [0.25, 0.3) is 11.8 Å². The van der Waals surface area contributed by atoms with Crippen molar-refractivity contribution < 1.29 is 19.1 Å². The summed E-state index contributed by atoms with van der Waals surface area (Å²) >= 11 is 1.67. The molecule has 3 rings (SSSR count). The van der Waals surface area contributed by atoms with Gasteiger partial charge in [-0.2, -0.15) is 0 Å². The molecule has 0 aliphatic rings. The molecular weight excluding hydrogens is 402 g/mol. The Hall–Kier alpha value is -3.26. The number of ether oxygens (including phenoxy) is 2. The van der Waals surface area contributed by atoms with E-state index in [2.05, 4.69) is 21.5 Å². The van der Waals surface area contributed by atoms with Crippen LogP contribution in [0.2, 0.25) is 0 Å². The molecule has 1 aromatic carbocycles. The number of aromatic nitrogens is 1. The Labute approximate surface area is 179 Å². The number of hydrogen-bond acceptors (Lipinski definition) is 5. The Morgan fingerprint density at radius 2 is 1.77 bits per heavy atom. The molecule has 0 spiro atoms. The number of benzene rings is 1. The van der Waals surface area contributed by atoms with E-state index >= 15 is 0 Å². The van der Waals surface area contributed by atoms with E-state index in [4.69, 9.17) is 9.47 Å². The second-order valence-corrected chi connectivity index (χ2v) is 7.65. The zero-order chi connectivity index (χ0) is 21.5. The molecule has 7 nitrogen and oxygen atoms in total. The van der Waals surface area contributed by atoms with Gasteiger partial charge in [-0.25, -0.2) is 0 Å². The Morgan fingerprint density at radius 3 is 2.43 bits per heavy atom. The number of hydrogen-bond donors (Lipinski definition) is 2. The third-order valence-corrected chi connectivity index (χ3v) is 5.40. The third kappa shape index (κ3) is 5.21. The van der Waals surface area contributed by atoms with Crippen LogP contribution in [0.1, 0.15) is 33.5 Å². The number of carbonyl (C=O) groups excluding carboxylic acids is 2. The van der Waals surface area contributed by atoms with Crippen molar-refractivity contribution in [2.75, 3.05) is 13.2 Å². The molecule has 2 amide bonds. The fourth-order valence-electron chi connectivity index (χ4n) is 3.05. The van der Waals surface area contributed by atoms with Crippen LogP contribution in [0.3, 0.4) is 0 Å². The van der Waals surface area contributed by atoms with Crippen LogP contribution >= 0.6 is 11.3 Å². The highest BCUT2D eigenvalue weighted by molar-refractivity contribution is 7.09. The summed E-state index contributed by atoms with van der Waals surface area (Å²) in [4.78, 5) is 25.9. The van der Waals surface area contributed by atoms with Crippen molar-refractivity contribution in [3.05, 3.63) is 69.7 Å². The maximum atomic E-state index is 12.6. The summed E-state index contributed by atoms with van der Waals surface area (Å²) in [7, 11) is 0. The van der Waals surface area contributed by atoms with Gasteiger partial charge in [0, 0.05) is 16.3 Å². The molecule has 8 heteroatoms. The highest BCUT2D eigenvalue weighted by atomic mass is 32.1. The van der Waals surface area contributed by atoms with E-state index in [0.717, 1.165) is 11.4 Å². The summed E-state index contributed by atoms with van der Waals surface area (Å²) in [6, 6.07) is 13.0. The van der Waals surface area contributed by atoms with Gasteiger partial charge in [-0.3, -0.25) is 20.4 Å². The van der Waals surface area contributed by atoms with Gasteiger partial charge >= 0.3 is 0 Å². The Balaban J connectivity index is 1.55. The number of hydrazine groups is 1. The van der Waals surface area contributed by atoms with Gasteiger partial charge in [-0.15, -0.1) is 11.3 Å². The zero-order valence-electron chi connectivity index (χ0n) is 17.2. The molecule has 0 saturated carbocycles. The van der Waals surface area contributed by atoms with E-state index in [1.54, 1.807) is 29.5 Å². The van der Waals surface area contributed by atoms with Gasteiger partial charge in [0.15, 0.2) is 18.1 Å². The van der Waals surface area contributed by atoms with E-state index in [9.17, 15) is 9.59 Å². The van der Waals surface area contributed by atoms with Gasteiger partial charge < -0.3 is 14.0 Å². The van der Waals surface area contributed by atoms with Crippen molar-refractivity contribution >= 4 is 23.2 Å². The topological polar surface area (TPSA) is 81.6 Å². The number of amides is 2. The Kier molecular flexibility index (Phi) is 7.13. The van der Waals surface area contributed by atoms with Crippen LogP contribution in [-0.4, -0.2) is 29.6 Å². The molecule has 0 aliphatic heterocycles. The van der Waals surface area contributed by atoms with E-state index in [1.165, 1.54) is 4.88 Å². The molecule has 0 unspecified atom stereocenters. The largest absolute Gasteiger partial charge is 0.490 e. The van der Waals surface area contributed by atoms with Crippen molar-refractivity contribution in [1.29, 1.82) is 0 Å². The average Bonchev–Trinajstić information content (AvgIpc) is 3.35. The summed E-state index contributed by atoms with van der Waals surface area (Å²) in [6.45, 7) is 6.68. The minimum absolute atomic E-state index is 0.248. The minimum atomic E-state index is -0.470. The van der Waals surface area contributed by atoms with Crippen molar-refractivity contribution in [2.45, 2.75) is 27.3 Å². The fourth-order valence-corrected chi connectivity index (χ4v) is 3.74. The second kappa shape index (κ2) is 9.98. The van der Waals surface area contributed by atoms with Crippen molar-refractivity contribution in [1.82, 2.24) is 15.4 Å². The van der Waals surface area contributed by atoms with Crippen LogP contribution in [0.15, 0.2) is 47.8 Å². The van der Waals surface area contributed by atoms with Gasteiger partial charge in [-0.05, 0) is 50.4 Å². The third-order valence-electron chi connectivity index (χ3n) is 4.54. The maximum absolute atomic E-state index is 12.6. The van der Waals surface area contributed by atoms with Crippen LogP contribution < -0.4 is 20.3 Å². The van der Waals surface area contributed by atoms with E-state index in [-0.39, 0.29) is 12.5 Å². The predicted molar refractivity (Wildman–Crippen MR) is 116 cm³/mol. The fraction of sp³-hybridized carbons (Fsp3) is 0.273. The van der Waals surface area contributed by atoms with Crippen LogP contribution in [-0.2, 0) is 11.3 Å². The van der Waals surface area contributed by atoms with Crippen LogP contribution in [0.25, 0.3) is 0 Å². The van der Waals surface area contributed by atoms with Crippen molar-refractivity contribution in [3.8, 4) is 11.5 Å². The van der Waals surface area contributed by atoms with Crippen LogP contribution in [0.4, 0.5) is 0 Å². The predicted octanol–water partition coefficient (Wildman–Crippen LogP) is 3.45. The molecule has 158 valence electrons. The smallest absolute Gasteiger partial charge is 0.276 e. The van der Waals surface area contributed by atoms with Crippen molar-refractivity contribution in [3.63, 3.8) is 0 Å². The molecule has 0 saturated heterocycles. The lowest BCUT2D eigenvalue weighted by molar-refractivity contribution is -0.123. The molecule has 2 heterocycles. The van der Waals surface area contributed by atoms with Gasteiger partial charge in [0.2, 0.25) is 0 Å². The second-order valence-electron chi connectivity index (χ2n) is 6.62. The van der Waals surface area contributed by atoms with Crippen molar-refractivity contribution in [2.24, 2.45) is 0 Å². The molecule has 0 fully saturated rings. The standard InChI is InChI=1S/C22H25N3O4S/c1-4-28-19-9-5-6-10-20(19)29-14-21(26)23-24-22(27)18-12-15(2)25(16(18)3)13-17-8-7-11-30-17/h5-12H,4,13-14H2,1-3H3,(H,23,26)(H,24,27). The quantitative estimate of drug-likeness (QED) is 0.540. The van der Waals surface area contributed by atoms with Crippen LogP contribution in [0.5, 0.6) is 11.5 Å². The monoisotopic (exact) mass is 427 g/mol. The maximum Gasteiger partial charge on any atom is 0.276 e. The molecule has 0 atom stereocenters. The van der Waals surface area contributed by atoms with Crippen LogP contribution in [0, 0.1) is 13.8 Å². The lowest BCUT2D eigenvalue weighted by Crippen LogP contribution is -2.44. The molecular formula is C22H25N3O4S. The normalized spacial score (nSPS) is 10.5. The molecule has 0 bridgehead atoms. The highest BCUT2D eigenvalue weighted by Gasteiger charge is 2.17. The lowest BCUT2D eigenvalue weighted by atomic mass is 10.2. The number of carbonyl (C=O) groups is 2. The first-order valence-electron chi connectivity index (χ1n) is 9.62. The molecule has 2 aromatic heterocycles. The number of nitrogens with one attached hydrogen (secondary N) is 2.